The average molecular weight is 374 g/mol. The van der Waals surface area contributed by atoms with Crippen LogP contribution < -0.4 is 5.32 Å². The van der Waals surface area contributed by atoms with Crippen molar-refractivity contribution in [3.8, 4) is 0 Å². The van der Waals surface area contributed by atoms with Gasteiger partial charge in [-0.15, -0.1) is 0 Å². The molecular weight excluding hydrogens is 354 g/mol. The van der Waals surface area contributed by atoms with Crippen LogP contribution in [0.15, 0.2) is 59.6 Å². The summed E-state index contributed by atoms with van der Waals surface area (Å²) < 4.78 is 0. The van der Waals surface area contributed by atoms with Crippen molar-refractivity contribution < 1.29 is 4.79 Å². The third-order valence-electron chi connectivity index (χ3n) is 3.96. The number of halogens is 1. The standard InChI is InChI=1S/C19H20ClN3OS/c1-13-12-21-19(25-13)23(14(2)15-7-4-3-5-8-15)18(24)22-17-10-6-9-16(20)11-17/h3-11,13-14H,12H2,1-2H3,(H,22,24)/t13-,14+/m0/s1. The van der Waals surface area contributed by atoms with Crippen molar-refractivity contribution in [1.29, 1.82) is 0 Å². The summed E-state index contributed by atoms with van der Waals surface area (Å²) >= 11 is 7.65. The lowest BCUT2D eigenvalue weighted by Gasteiger charge is -2.29. The van der Waals surface area contributed by atoms with Crippen LogP contribution in [0.3, 0.4) is 0 Å². The van der Waals surface area contributed by atoms with Crippen LogP contribution in [0, 0.1) is 0 Å². The summed E-state index contributed by atoms with van der Waals surface area (Å²) in [5.74, 6) is 0. The summed E-state index contributed by atoms with van der Waals surface area (Å²) in [6, 6.07) is 16.8. The molecule has 25 heavy (non-hydrogen) atoms. The van der Waals surface area contributed by atoms with Gasteiger partial charge in [-0.05, 0) is 30.7 Å². The van der Waals surface area contributed by atoms with Crippen molar-refractivity contribution in [2.75, 3.05) is 11.9 Å². The minimum atomic E-state index is -0.209. The number of thioether (sulfide) groups is 1. The molecule has 0 saturated heterocycles. The maximum atomic E-state index is 13.0. The molecule has 1 aliphatic heterocycles. The fourth-order valence-corrected chi connectivity index (χ4v) is 3.86. The first kappa shape index (κ1) is 17.8. The molecule has 1 N–H and O–H groups in total. The molecule has 0 bridgehead atoms. The van der Waals surface area contributed by atoms with E-state index < -0.39 is 0 Å². The Bertz CT molecular complexity index is 781. The molecule has 3 rings (SSSR count). The molecule has 2 amide bonds. The normalized spacial score (nSPS) is 17.7. The van der Waals surface area contributed by atoms with Crippen molar-refractivity contribution in [3.63, 3.8) is 0 Å². The largest absolute Gasteiger partial charge is 0.328 e. The highest BCUT2D eigenvalue weighted by molar-refractivity contribution is 8.14. The molecule has 0 radical (unpaired) electrons. The highest BCUT2D eigenvalue weighted by Crippen LogP contribution is 2.30. The number of carbonyl (C=O) groups is 1. The van der Waals surface area contributed by atoms with Gasteiger partial charge in [0.2, 0.25) is 0 Å². The van der Waals surface area contributed by atoms with Gasteiger partial charge < -0.3 is 5.32 Å². The van der Waals surface area contributed by atoms with Gasteiger partial charge in [-0.2, -0.15) is 0 Å². The molecule has 0 fully saturated rings. The van der Waals surface area contributed by atoms with Gasteiger partial charge in [0.05, 0.1) is 12.6 Å². The van der Waals surface area contributed by atoms with E-state index in [1.54, 1.807) is 28.8 Å². The molecule has 2 atom stereocenters. The van der Waals surface area contributed by atoms with Crippen LogP contribution in [-0.2, 0) is 0 Å². The Hall–Kier alpha value is -1.98. The Morgan fingerprint density at radius 2 is 2.04 bits per heavy atom. The van der Waals surface area contributed by atoms with Gasteiger partial charge in [-0.25, -0.2) is 4.79 Å². The summed E-state index contributed by atoms with van der Waals surface area (Å²) in [7, 11) is 0. The third-order valence-corrected chi connectivity index (χ3v) is 5.28. The summed E-state index contributed by atoms with van der Waals surface area (Å²) in [4.78, 5) is 19.3. The highest BCUT2D eigenvalue weighted by atomic mass is 35.5. The highest BCUT2D eigenvalue weighted by Gasteiger charge is 2.30. The number of nitrogens with one attached hydrogen (secondary N) is 1. The number of amides is 2. The van der Waals surface area contributed by atoms with Crippen molar-refractivity contribution in [3.05, 3.63) is 65.2 Å². The van der Waals surface area contributed by atoms with E-state index in [1.165, 1.54) is 0 Å². The van der Waals surface area contributed by atoms with Gasteiger partial charge in [-0.1, -0.05) is 66.7 Å². The molecule has 0 saturated carbocycles. The zero-order valence-electron chi connectivity index (χ0n) is 14.1. The molecule has 2 aromatic carbocycles. The number of hydrogen-bond acceptors (Lipinski definition) is 3. The van der Waals surface area contributed by atoms with E-state index in [2.05, 4.69) is 17.2 Å². The number of rotatable bonds is 3. The monoisotopic (exact) mass is 373 g/mol. The van der Waals surface area contributed by atoms with E-state index in [9.17, 15) is 4.79 Å². The molecule has 6 heteroatoms. The summed E-state index contributed by atoms with van der Waals surface area (Å²) in [5, 5.41) is 4.65. The lowest BCUT2D eigenvalue weighted by Crippen LogP contribution is -2.40. The van der Waals surface area contributed by atoms with Crippen molar-refractivity contribution in [1.82, 2.24) is 4.90 Å². The number of urea groups is 1. The second-order valence-electron chi connectivity index (χ2n) is 5.95. The van der Waals surface area contributed by atoms with E-state index in [0.29, 0.717) is 16.0 Å². The minimum Gasteiger partial charge on any atom is -0.307 e. The molecule has 4 nitrogen and oxygen atoms in total. The zero-order chi connectivity index (χ0) is 17.8. The second-order valence-corrected chi connectivity index (χ2v) is 7.79. The third kappa shape index (κ3) is 4.35. The van der Waals surface area contributed by atoms with Gasteiger partial charge in [0.1, 0.15) is 0 Å². The van der Waals surface area contributed by atoms with Crippen LogP contribution >= 0.6 is 23.4 Å². The van der Waals surface area contributed by atoms with Crippen LogP contribution in [0.1, 0.15) is 25.5 Å². The maximum Gasteiger partial charge on any atom is 0.328 e. The van der Waals surface area contributed by atoms with Gasteiger partial charge in [0, 0.05) is 16.0 Å². The van der Waals surface area contributed by atoms with E-state index in [-0.39, 0.29) is 12.1 Å². The molecule has 1 heterocycles. The van der Waals surface area contributed by atoms with Gasteiger partial charge in [-0.3, -0.25) is 9.89 Å². The number of amidine groups is 1. The van der Waals surface area contributed by atoms with Crippen molar-refractivity contribution in [2.24, 2.45) is 4.99 Å². The molecule has 0 spiro atoms. The zero-order valence-corrected chi connectivity index (χ0v) is 15.7. The van der Waals surface area contributed by atoms with Gasteiger partial charge in [0.15, 0.2) is 5.17 Å². The van der Waals surface area contributed by atoms with Crippen LogP contribution in [0.4, 0.5) is 10.5 Å². The molecule has 2 aromatic rings. The number of hydrogen-bond donors (Lipinski definition) is 1. The Labute approximate surface area is 157 Å². The molecule has 0 unspecified atom stereocenters. The van der Waals surface area contributed by atoms with Gasteiger partial charge in [0.25, 0.3) is 0 Å². The lowest BCUT2D eigenvalue weighted by atomic mass is 10.1. The lowest BCUT2D eigenvalue weighted by molar-refractivity contribution is 0.225. The average Bonchev–Trinajstić information content (AvgIpc) is 3.01. The fraction of sp³-hybridized carbons (Fsp3) is 0.263. The van der Waals surface area contributed by atoms with E-state index >= 15 is 0 Å². The van der Waals surface area contributed by atoms with Crippen molar-refractivity contribution in [2.45, 2.75) is 25.1 Å². The maximum absolute atomic E-state index is 13.0. The summed E-state index contributed by atoms with van der Waals surface area (Å²) in [6.07, 6.45) is 0. The van der Waals surface area contributed by atoms with E-state index in [1.807, 2.05) is 49.4 Å². The SMILES string of the molecule is C[C@H](c1ccccc1)N(C(=O)Nc1cccc(Cl)c1)C1=NC[C@H](C)S1. The molecule has 1 aliphatic rings. The first-order chi connectivity index (χ1) is 12.0. The second kappa shape index (κ2) is 7.93. The number of aliphatic imine (C=N–C) groups is 1. The van der Waals surface area contributed by atoms with Crippen LogP contribution in [-0.4, -0.2) is 27.9 Å². The number of carbonyl (C=O) groups excluding carboxylic acids is 1. The molecule has 0 aliphatic carbocycles. The van der Waals surface area contributed by atoms with E-state index in [0.717, 1.165) is 17.3 Å². The molecule has 0 aromatic heterocycles. The van der Waals surface area contributed by atoms with E-state index in [4.69, 9.17) is 11.6 Å². The summed E-state index contributed by atoms with van der Waals surface area (Å²) in [6.45, 7) is 4.85. The van der Waals surface area contributed by atoms with Crippen molar-refractivity contribution >= 4 is 40.2 Å². The van der Waals surface area contributed by atoms with Crippen LogP contribution in [0.5, 0.6) is 0 Å². The quantitative estimate of drug-likeness (QED) is 0.779. The minimum absolute atomic E-state index is 0.128. The number of nitrogens with zero attached hydrogens (tertiary/aromatic N) is 2. The van der Waals surface area contributed by atoms with Gasteiger partial charge >= 0.3 is 6.03 Å². The first-order valence-corrected chi connectivity index (χ1v) is 9.42. The summed E-state index contributed by atoms with van der Waals surface area (Å²) in [5.41, 5.74) is 1.73. The Kier molecular flexibility index (Phi) is 5.66. The number of anilines is 1. The first-order valence-electron chi connectivity index (χ1n) is 8.16. The molecule has 130 valence electrons. The number of benzene rings is 2. The van der Waals surface area contributed by atoms with Crippen LogP contribution in [0.25, 0.3) is 0 Å². The fourth-order valence-electron chi connectivity index (χ4n) is 2.65. The Morgan fingerprint density at radius 1 is 1.28 bits per heavy atom. The predicted molar refractivity (Wildman–Crippen MR) is 107 cm³/mol. The predicted octanol–water partition coefficient (Wildman–Crippen LogP) is 5.43. The van der Waals surface area contributed by atoms with Crippen LogP contribution in [0.2, 0.25) is 5.02 Å². The Morgan fingerprint density at radius 3 is 2.68 bits per heavy atom. The molecular formula is C19H20ClN3OS. The smallest absolute Gasteiger partial charge is 0.307 e. The Balaban J connectivity index is 1.87. The topological polar surface area (TPSA) is 44.7 Å².